The second kappa shape index (κ2) is 9.37. The minimum absolute atomic E-state index is 0.213. The van der Waals surface area contributed by atoms with E-state index in [1.807, 2.05) is 0 Å². The first kappa shape index (κ1) is 18.4. The molecule has 0 heterocycles. The lowest BCUT2D eigenvalue weighted by molar-refractivity contribution is -0.142. The minimum Gasteiger partial charge on any atom is -0.480 e. The lowest BCUT2D eigenvalue weighted by atomic mass is 9.83. The molecule has 0 aromatic rings. The Morgan fingerprint density at radius 2 is 1.50 bits per heavy atom. The summed E-state index contributed by atoms with van der Waals surface area (Å²) in [7, 11) is 0. The molecule has 1 aliphatic rings. The Bertz CT molecular complexity index is 379. The molecule has 1 atom stereocenters. The number of aliphatic carboxylic acids is 3. The highest BCUT2D eigenvalue weighted by Gasteiger charge is 2.27. The first-order valence-corrected chi connectivity index (χ1v) is 7.49. The molecule has 1 aliphatic carbocycles. The van der Waals surface area contributed by atoms with Gasteiger partial charge in [-0.2, -0.15) is 0 Å². The average Bonchev–Trinajstić information content (AvgIpc) is 2.42. The number of carbonyl (C=O) groups is 3. The van der Waals surface area contributed by atoms with Gasteiger partial charge in [-0.25, -0.2) is 0 Å². The Morgan fingerprint density at radius 1 is 0.955 bits per heavy atom. The molecule has 0 bridgehead atoms. The lowest BCUT2D eigenvalue weighted by Crippen LogP contribution is -2.49. The van der Waals surface area contributed by atoms with Gasteiger partial charge < -0.3 is 20.6 Å². The van der Waals surface area contributed by atoms with Crippen molar-refractivity contribution in [1.82, 2.24) is 10.2 Å². The summed E-state index contributed by atoms with van der Waals surface area (Å²) in [5.74, 6) is -2.93. The molecule has 8 nitrogen and oxygen atoms in total. The predicted molar refractivity (Wildman–Crippen MR) is 77.7 cm³/mol. The van der Waals surface area contributed by atoms with Gasteiger partial charge in [-0.1, -0.05) is 19.3 Å². The number of hydrogen-bond donors (Lipinski definition) is 4. The average molecular weight is 316 g/mol. The molecule has 1 unspecified atom stereocenters. The molecule has 0 aromatic carbocycles. The van der Waals surface area contributed by atoms with Crippen LogP contribution in [0.2, 0.25) is 0 Å². The Kier molecular flexibility index (Phi) is 7.83. The molecule has 0 aliphatic heterocycles. The fraction of sp³-hybridized carbons (Fsp3) is 0.786. The van der Waals surface area contributed by atoms with Crippen molar-refractivity contribution in [3.05, 3.63) is 0 Å². The number of carboxylic acids is 3. The summed E-state index contributed by atoms with van der Waals surface area (Å²) < 4.78 is 0. The van der Waals surface area contributed by atoms with Crippen LogP contribution in [0.15, 0.2) is 0 Å². The summed E-state index contributed by atoms with van der Waals surface area (Å²) in [6, 6.07) is -0.213. The Labute approximate surface area is 129 Å². The molecule has 22 heavy (non-hydrogen) atoms. The Morgan fingerprint density at radius 3 is 1.95 bits per heavy atom. The molecule has 8 heteroatoms. The van der Waals surface area contributed by atoms with Gasteiger partial charge in [0.05, 0.1) is 19.6 Å². The maximum absolute atomic E-state index is 10.9. The van der Waals surface area contributed by atoms with Gasteiger partial charge in [0.25, 0.3) is 0 Å². The summed E-state index contributed by atoms with van der Waals surface area (Å²) in [5.41, 5.74) is 0. The molecule has 1 saturated carbocycles. The summed E-state index contributed by atoms with van der Waals surface area (Å²) in [5, 5.41) is 29.5. The van der Waals surface area contributed by atoms with Crippen LogP contribution >= 0.6 is 0 Å². The normalized spacial score (nSPS) is 17.3. The second-order valence-electron chi connectivity index (χ2n) is 5.74. The predicted octanol–water partition coefficient (Wildman–Crippen LogP) is 0.0807. The van der Waals surface area contributed by atoms with Crippen molar-refractivity contribution in [1.29, 1.82) is 0 Å². The van der Waals surface area contributed by atoms with E-state index in [2.05, 4.69) is 5.32 Å². The van der Waals surface area contributed by atoms with Crippen molar-refractivity contribution < 1.29 is 29.7 Å². The molecule has 4 N–H and O–H groups in total. The van der Waals surface area contributed by atoms with E-state index in [4.69, 9.17) is 15.3 Å². The van der Waals surface area contributed by atoms with Gasteiger partial charge in [0.1, 0.15) is 0 Å². The van der Waals surface area contributed by atoms with E-state index in [1.165, 1.54) is 4.90 Å². The minimum atomic E-state index is -1.10. The summed E-state index contributed by atoms with van der Waals surface area (Å²) in [6.07, 6.45) is 5.17. The first-order chi connectivity index (χ1) is 10.4. The van der Waals surface area contributed by atoms with Crippen LogP contribution in [0.25, 0.3) is 0 Å². The van der Waals surface area contributed by atoms with Crippen LogP contribution in [-0.2, 0) is 14.4 Å². The van der Waals surface area contributed by atoms with Gasteiger partial charge in [-0.05, 0) is 18.8 Å². The quantitative estimate of drug-likeness (QED) is 0.446. The monoisotopic (exact) mass is 316 g/mol. The third-order valence-electron chi connectivity index (χ3n) is 3.91. The third kappa shape index (κ3) is 7.37. The summed E-state index contributed by atoms with van der Waals surface area (Å²) in [6.45, 7) is -0.736. The van der Waals surface area contributed by atoms with Crippen LogP contribution in [0.5, 0.6) is 0 Å². The van der Waals surface area contributed by atoms with Crippen molar-refractivity contribution >= 4 is 17.9 Å². The molecule has 126 valence electrons. The van der Waals surface area contributed by atoms with E-state index in [9.17, 15) is 14.4 Å². The van der Waals surface area contributed by atoms with Gasteiger partial charge in [-0.15, -0.1) is 0 Å². The number of rotatable bonds is 10. The molecule has 0 aromatic heterocycles. The van der Waals surface area contributed by atoms with Gasteiger partial charge in [0.2, 0.25) is 0 Å². The van der Waals surface area contributed by atoms with Gasteiger partial charge in [0, 0.05) is 12.6 Å². The number of carboxylic acid groups (broad SMARTS) is 3. The van der Waals surface area contributed by atoms with Crippen LogP contribution in [0, 0.1) is 5.92 Å². The Balaban J connectivity index is 2.70. The first-order valence-electron chi connectivity index (χ1n) is 7.49. The largest absolute Gasteiger partial charge is 0.480 e. The SMILES string of the molecule is O=C(O)CNC(CN(CC(=O)O)CC(=O)O)C1CCCCC1. The highest BCUT2D eigenvalue weighted by molar-refractivity contribution is 5.72. The number of nitrogens with zero attached hydrogens (tertiary/aromatic N) is 1. The molecule has 0 spiro atoms. The van der Waals surface area contributed by atoms with E-state index in [0.717, 1.165) is 32.1 Å². The highest BCUT2D eigenvalue weighted by Crippen LogP contribution is 2.26. The molecular formula is C14H24N2O6. The third-order valence-corrected chi connectivity index (χ3v) is 3.91. The number of hydrogen-bond acceptors (Lipinski definition) is 5. The van der Waals surface area contributed by atoms with Crippen molar-refractivity contribution in [3.63, 3.8) is 0 Å². The summed E-state index contributed by atoms with van der Waals surface area (Å²) in [4.78, 5) is 33.8. The zero-order chi connectivity index (χ0) is 16.5. The molecule has 0 amide bonds. The zero-order valence-corrected chi connectivity index (χ0v) is 12.5. The van der Waals surface area contributed by atoms with Crippen LogP contribution in [-0.4, -0.2) is 70.3 Å². The summed E-state index contributed by atoms with van der Waals surface area (Å²) >= 11 is 0. The molecule has 0 radical (unpaired) electrons. The maximum atomic E-state index is 10.9. The second-order valence-corrected chi connectivity index (χ2v) is 5.74. The van der Waals surface area contributed by atoms with Crippen molar-refractivity contribution in [2.45, 2.75) is 38.1 Å². The molecule has 1 rings (SSSR count). The van der Waals surface area contributed by atoms with Gasteiger partial charge in [0.15, 0.2) is 0 Å². The van der Waals surface area contributed by atoms with Crippen molar-refractivity contribution in [3.8, 4) is 0 Å². The van der Waals surface area contributed by atoms with Crippen LogP contribution < -0.4 is 5.32 Å². The van der Waals surface area contributed by atoms with Crippen LogP contribution in [0.4, 0.5) is 0 Å². The molecular weight excluding hydrogens is 292 g/mol. The fourth-order valence-corrected chi connectivity index (χ4v) is 2.98. The topological polar surface area (TPSA) is 127 Å². The van der Waals surface area contributed by atoms with E-state index >= 15 is 0 Å². The standard InChI is InChI=1S/C14H24N2O6/c17-12(18)6-15-11(10-4-2-1-3-5-10)7-16(8-13(19)20)9-14(21)22/h10-11,15H,1-9H2,(H,17,18)(H,19,20)(H,21,22). The van der Waals surface area contributed by atoms with Crippen molar-refractivity contribution in [2.24, 2.45) is 5.92 Å². The molecule has 0 saturated heterocycles. The lowest BCUT2D eigenvalue weighted by Gasteiger charge is -2.34. The smallest absolute Gasteiger partial charge is 0.317 e. The van der Waals surface area contributed by atoms with Gasteiger partial charge >= 0.3 is 17.9 Å². The number of nitrogens with one attached hydrogen (secondary N) is 1. The maximum Gasteiger partial charge on any atom is 0.317 e. The van der Waals surface area contributed by atoms with E-state index < -0.39 is 17.9 Å². The van der Waals surface area contributed by atoms with Crippen LogP contribution in [0.3, 0.4) is 0 Å². The highest BCUT2D eigenvalue weighted by atomic mass is 16.4. The van der Waals surface area contributed by atoms with E-state index in [0.29, 0.717) is 0 Å². The van der Waals surface area contributed by atoms with E-state index in [-0.39, 0.29) is 38.1 Å². The fourth-order valence-electron chi connectivity index (χ4n) is 2.98. The zero-order valence-electron chi connectivity index (χ0n) is 12.5. The Hall–Kier alpha value is -1.67. The van der Waals surface area contributed by atoms with Crippen molar-refractivity contribution in [2.75, 3.05) is 26.2 Å². The van der Waals surface area contributed by atoms with Gasteiger partial charge in [-0.3, -0.25) is 19.3 Å². The van der Waals surface area contributed by atoms with E-state index in [1.54, 1.807) is 0 Å². The molecule has 1 fully saturated rings. The van der Waals surface area contributed by atoms with Crippen LogP contribution in [0.1, 0.15) is 32.1 Å².